The van der Waals surface area contributed by atoms with E-state index in [0.717, 1.165) is 10.6 Å². The fourth-order valence-electron chi connectivity index (χ4n) is 1.10. The molecule has 2 nitrogen and oxygen atoms in total. The van der Waals surface area contributed by atoms with Crippen LogP contribution in [0.4, 0.5) is 0 Å². The highest BCUT2D eigenvalue weighted by atomic mass is 35.5. The molecule has 13 heavy (non-hydrogen) atoms. The van der Waals surface area contributed by atoms with Crippen LogP contribution in [0.5, 0.6) is 0 Å². The SMILES string of the molecule is Cc1ccsc1-c1ccnc(Cl)n1. The molecule has 2 heterocycles. The van der Waals surface area contributed by atoms with Gasteiger partial charge in [-0.2, -0.15) is 0 Å². The van der Waals surface area contributed by atoms with Crippen molar-refractivity contribution in [3.63, 3.8) is 0 Å². The van der Waals surface area contributed by atoms with Gasteiger partial charge in [0.05, 0.1) is 10.6 Å². The Hall–Kier alpha value is -0.930. The molecular formula is C9H7ClN2S. The normalized spacial score (nSPS) is 10.3. The molecule has 0 unspecified atom stereocenters. The van der Waals surface area contributed by atoms with Crippen LogP contribution in [0.2, 0.25) is 5.28 Å². The largest absolute Gasteiger partial charge is 0.226 e. The van der Waals surface area contributed by atoms with E-state index in [1.165, 1.54) is 5.56 Å². The van der Waals surface area contributed by atoms with Gasteiger partial charge in [0.2, 0.25) is 5.28 Å². The van der Waals surface area contributed by atoms with Gasteiger partial charge in [0.15, 0.2) is 0 Å². The molecule has 0 aromatic carbocycles. The third kappa shape index (κ3) is 1.71. The van der Waals surface area contributed by atoms with E-state index in [4.69, 9.17) is 11.6 Å². The van der Waals surface area contributed by atoms with Crippen molar-refractivity contribution in [2.75, 3.05) is 0 Å². The van der Waals surface area contributed by atoms with Crippen LogP contribution >= 0.6 is 22.9 Å². The van der Waals surface area contributed by atoms with Crippen LogP contribution in [0.15, 0.2) is 23.7 Å². The van der Waals surface area contributed by atoms with Crippen LogP contribution in [-0.2, 0) is 0 Å². The van der Waals surface area contributed by atoms with Gasteiger partial charge in [0.1, 0.15) is 0 Å². The fourth-order valence-corrected chi connectivity index (χ4v) is 2.14. The molecule has 0 fully saturated rings. The minimum atomic E-state index is 0.297. The van der Waals surface area contributed by atoms with Crippen LogP contribution in [-0.4, -0.2) is 9.97 Å². The number of thiophene rings is 1. The van der Waals surface area contributed by atoms with Crippen LogP contribution in [0, 0.1) is 6.92 Å². The maximum atomic E-state index is 5.70. The summed E-state index contributed by atoms with van der Waals surface area (Å²) in [7, 11) is 0. The van der Waals surface area contributed by atoms with Gasteiger partial charge in [-0.3, -0.25) is 0 Å². The van der Waals surface area contributed by atoms with Crippen LogP contribution < -0.4 is 0 Å². The maximum Gasteiger partial charge on any atom is 0.222 e. The number of hydrogen-bond acceptors (Lipinski definition) is 3. The van der Waals surface area contributed by atoms with E-state index in [2.05, 4.69) is 23.0 Å². The van der Waals surface area contributed by atoms with Crippen molar-refractivity contribution in [1.29, 1.82) is 0 Å². The molecule has 0 saturated carbocycles. The van der Waals surface area contributed by atoms with Gasteiger partial charge in [-0.05, 0) is 41.6 Å². The number of hydrogen-bond donors (Lipinski definition) is 0. The Bertz CT molecular complexity index is 425. The predicted octanol–water partition coefficient (Wildman–Crippen LogP) is 3.17. The Kier molecular flexibility index (Phi) is 2.29. The summed E-state index contributed by atoms with van der Waals surface area (Å²) in [6.07, 6.45) is 1.67. The summed E-state index contributed by atoms with van der Waals surface area (Å²) in [6, 6.07) is 3.93. The molecule has 66 valence electrons. The van der Waals surface area contributed by atoms with Crippen molar-refractivity contribution in [2.24, 2.45) is 0 Å². The first-order valence-electron chi connectivity index (χ1n) is 3.80. The molecule has 4 heteroatoms. The van der Waals surface area contributed by atoms with E-state index < -0.39 is 0 Å². The summed E-state index contributed by atoms with van der Waals surface area (Å²) in [6.45, 7) is 2.06. The van der Waals surface area contributed by atoms with Crippen molar-refractivity contribution in [3.8, 4) is 10.6 Å². The average Bonchev–Trinajstić information content (AvgIpc) is 2.51. The standard InChI is InChI=1S/C9H7ClN2S/c1-6-3-5-13-8(6)7-2-4-11-9(10)12-7/h2-5H,1H3. The minimum absolute atomic E-state index is 0.297. The maximum absolute atomic E-state index is 5.70. The molecule has 0 N–H and O–H groups in total. The lowest BCUT2D eigenvalue weighted by Crippen LogP contribution is -1.85. The summed E-state index contributed by atoms with van der Waals surface area (Å²) in [5.74, 6) is 0. The van der Waals surface area contributed by atoms with Crippen molar-refractivity contribution >= 4 is 22.9 Å². The molecule has 2 aromatic heterocycles. The number of halogens is 1. The number of aromatic nitrogens is 2. The lowest BCUT2D eigenvalue weighted by atomic mass is 10.2. The molecule has 0 amide bonds. The van der Waals surface area contributed by atoms with Gasteiger partial charge in [-0.1, -0.05) is 0 Å². The molecule has 0 atom stereocenters. The second kappa shape index (κ2) is 3.44. The van der Waals surface area contributed by atoms with Crippen LogP contribution in [0.25, 0.3) is 10.6 Å². The Labute approximate surface area is 85.2 Å². The van der Waals surface area contributed by atoms with E-state index in [1.807, 2.05) is 11.4 Å². The zero-order chi connectivity index (χ0) is 9.26. The van der Waals surface area contributed by atoms with Crippen molar-refractivity contribution in [2.45, 2.75) is 6.92 Å². The van der Waals surface area contributed by atoms with Gasteiger partial charge in [-0.15, -0.1) is 11.3 Å². The van der Waals surface area contributed by atoms with E-state index in [-0.39, 0.29) is 0 Å². The van der Waals surface area contributed by atoms with Gasteiger partial charge in [0, 0.05) is 6.20 Å². The van der Waals surface area contributed by atoms with Crippen molar-refractivity contribution < 1.29 is 0 Å². The summed E-state index contributed by atoms with van der Waals surface area (Å²) in [4.78, 5) is 9.14. The first kappa shape index (κ1) is 8.66. The summed E-state index contributed by atoms with van der Waals surface area (Å²) in [5.41, 5.74) is 2.12. The predicted molar refractivity (Wildman–Crippen MR) is 55.1 cm³/mol. The van der Waals surface area contributed by atoms with E-state index in [9.17, 15) is 0 Å². The Balaban J connectivity index is 2.53. The highest BCUT2D eigenvalue weighted by Crippen LogP contribution is 2.27. The number of aryl methyl sites for hydroxylation is 1. The smallest absolute Gasteiger partial charge is 0.222 e. The Morgan fingerprint density at radius 3 is 2.85 bits per heavy atom. The zero-order valence-corrected chi connectivity index (χ0v) is 8.56. The average molecular weight is 211 g/mol. The summed E-state index contributed by atoms with van der Waals surface area (Å²) < 4.78 is 0. The number of rotatable bonds is 1. The third-order valence-electron chi connectivity index (χ3n) is 1.72. The van der Waals surface area contributed by atoms with Gasteiger partial charge < -0.3 is 0 Å². The summed E-state index contributed by atoms with van der Waals surface area (Å²) >= 11 is 7.36. The fraction of sp³-hybridized carbons (Fsp3) is 0.111. The molecule has 0 saturated heterocycles. The molecule has 2 aromatic rings. The second-order valence-electron chi connectivity index (χ2n) is 2.64. The Morgan fingerprint density at radius 1 is 1.38 bits per heavy atom. The number of nitrogens with zero attached hydrogens (tertiary/aromatic N) is 2. The lowest BCUT2D eigenvalue weighted by Gasteiger charge is -1.97. The lowest BCUT2D eigenvalue weighted by molar-refractivity contribution is 1.17. The molecule has 0 bridgehead atoms. The van der Waals surface area contributed by atoms with Gasteiger partial charge >= 0.3 is 0 Å². The van der Waals surface area contributed by atoms with E-state index >= 15 is 0 Å². The molecule has 0 radical (unpaired) electrons. The van der Waals surface area contributed by atoms with E-state index in [0.29, 0.717) is 5.28 Å². The van der Waals surface area contributed by atoms with Crippen molar-refractivity contribution in [1.82, 2.24) is 9.97 Å². The van der Waals surface area contributed by atoms with Crippen LogP contribution in [0.3, 0.4) is 0 Å². The molecule has 0 aliphatic carbocycles. The van der Waals surface area contributed by atoms with Crippen molar-refractivity contribution in [3.05, 3.63) is 34.6 Å². The van der Waals surface area contributed by atoms with Gasteiger partial charge in [0.25, 0.3) is 0 Å². The van der Waals surface area contributed by atoms with Gasteiger partial charge in [-0.25, -0.2) is 9.97 Å². The topological polar surface area (TPSA) is 25.8 Å². The first-order chi connectivity index (χ1) is 6.27. The minimum Gasteiger partial charge on any atom is -0.226 e. The van der Waals surface area contributed by atoms with E-state index in [1.54, 1.807) is 17.5 Å². The first-order valence-corrected chi connectivity index (χ1v) is 5.06. The third-order valence-corrected chi connectivity index (χ3v) is 2.94. The van der Waals surface area contributed by atoms with Crippen LogP contribution in [0.1, 0.15) is 5.56 Å². The summed E-state index contributed by atoms with van der Waals surface area (Å²) in [5, 5.41) is 2.34. The highest BCUT2D eigenvalue weighted by Gasteiger charge is 2.04. The Morgan fingerprint density at radius 2 is 2.23 bits per heavy atom. The molecule has 0 aliphatic heterocycles. The second-order valence-corrected chi connectivity index (χ2v) is 3.90. The molecule has 0 spiro atoms. The molecular weight excluding hydrogens is 204 g/mol. The quantitative estimate of drug-likeness (QED) is 0.676. The highest BCUT2D eigenvalue weighted by molar-refractivity contribution is 7.13. The monoisotopic (exact) mass is 210 g/mol. The zero-order valence-electron chi connectivity index (χ0n) is 6.99. The molecule has 0 aliphatic rings. The molecule has 2 rings (SSSR count).